The second-order valence-electron chi connectivity index (χ2n) is 4.85. The first-order valence-corrected chi connectivity index (χ1v) is 7.50. The quantitative estimate of drug-likeness (QED) is 0.564. The number of carbonyl (C=O) groups excluding carboxylic acids is 2. The normalized spacial score (nSPS) is 10.3. The van der Waals surface area contributed by atoms with E-state index in [0.29, 0.717) is 30.7 Å². The average molecular weight is 301 g/mol. The molecule has 0 saturated carbocycles. The Bertz CT molecular complexity index is 603. The van der Waals surface area contributed by atoms with Crippen molar-refractivity contribution in [3.8, 4) is 0 Å². The van der Waals surface area contributed by atoms with Gasteiger partial charge in [-0.3, -0.25) is 9.59 Å². The number of carbonyl (C=O) groups is 2. The maximum atomic E-state index is 12.0. The molecule has 0 aromatic heterocycles. The third kappa shape index (κ3) is 4.54. The molecular formula is C18H17ClO2. The molecule has 0 N–H and O–H groups in total. The summed E-state index contributed by atoms with van der Waals surface area (Å²) in [6.45, 7) is 0. The van der Waals surface area contributed by atoms with E-state index < -0.39 is 0 Å². The Morgan fingerprint density at radius 3 is 1.95 bits per heavy atom. The lowest BCUT2D eigenvalue weighted by Gasteiger charge is -2.04. The van der Waals surface area contributed by atoms with Crippen LogP contribution >= 0.6 is 11.6 Å². The highest BCUT2D eigenvalue weighted by atomic mass is 35.5. The van der Waals surface area contributed by atoms with Gasteiger partial charge in [0.15, 0.2) is 11.6 Å². The molecule has 108 valence electrons. The van der Waals surface area contributed by atoms with Crippen LogP contribution in [-0.2, 0) is 6.42 Å². The van der Waals surface area contributed by atoms with Crippen LogP contribution in [0.2, 0.25) is 0 Å². The van der Waals surface area contributed by atoms with E-state index in [-0.39, 0.29) is 11.6 Å². The van der Waals surface area contributed by atoms with Gasteiger partial charge in [-0.15, -0.1) is 11.6 Å². The van der Waals surface area contributed by atoms with Crippen molar-refractivity contribution < 1.29 is 9.59 Å². The van der Waals surface area contributed by atoms with Crippen LogP contribution in [-0.4, -0.2) is 17.4 Å². The van der Waals surface area contributed by atoms with Crippen molar-refractivity contribution in [2.24, 2.45) is 0 Å². The van der Waals surface area contributed by atoms with Gasteiger partial charge in [-0.2, -0.15) is 0 Å². The number of rotatable bonds is 7. The van der Waals surface area contributed by atoms with Crippen molar-refractivity contribution in [3.63, 3.8) is 0 Å². The molecule has 21 heavy (non-hydrogen) atoms. The lowest BCUT2D eigenvalue weighted by molar-refractivity contribution is 0.0976. The summed E-state index contributed by atoms with van der Waals surface area (Å²) < 4.78 is 0. The highest BCUT2D eigenvalue weighted by Gasteiger charge is 2.07. The second kappa shape index (κ2) is 7.75. The molecule has 0 aliphatic rings. The molecule has 0 amide bonds. The lowest BCUT2D eigenvalue weighted by atomic mass is 10.0. The van der Waals surface area contributed by atoms with Crippen LogP contribution < -0.4 is 0 Å². The summed E-state index contributed by atoms with van der Waals surface area (Å²) in [7, 11) is 0. The molecule has 0 unspecified atom stereocenters. The third-order valence-electron chi connectivity index (χ3n) is 3.33. The van der Waals surface area contributed by atoms with Gasteiger partial charge in [0.25, 0.3) is 0 Å². The van der Waals surface area contributed by atoms with Crippen LogP contribution in [0.1, 0.15) is 39.1 Å². The predicted octanol–water partition coefficient (Wildman–Crippen LogP) is 4.31. The van der Waals surface area contributed by atoms with E-state index in [1.165, 1.54) is 0 Å². The molecule has 0 heterocycles. The summed E-state index contributed by atoms with van der Waals surface area (Å²) in [6, 6.07) is 16.7. The average Bonchev–Trinajstić information content (AvgIpc) is 2.54. The number of aryl methyl sites for hydroxylation is 1. The minimum Gasteiger partial charge on any atom is -0.294 e. The van der Waals surface area contributed by atoms with Gasteiger partial charge in [0.2, 0.25) is 0 Å². The van der Waals surface area contributed by atoms with E-state index in [2.05, 4.69) is 0 Å². The van der Waals surface area contributed by atoms with E-state index in [4.69, 9.17) is 11.6 Å². The molecule has 2 nitrogen and oxygen atoms in total. The van der Waals surface area contributed by atoms with Gasteiger partial charge < -0.3 is 0 Å². The van der Waals surface area contributed by atoms with Gasteiger partial charge >= 0.3 is 0 Å². The Hall–Kier alpha value is -1.93. The fourth-order valence-corrected chi connectivity index (χ4v) is 2.29. The summed E-state index contributed by atoms with van der Waals surface area (Å²) in [5.74, 6) is 0.529. The van der Waals surface area contributed by atoms with E-state index >= 15 is 0 Å². The third-order valence-corrected chi connectivity index (χ3v) is 3.52. The number of alkyl halides is 1. The first kappa shape index (κ1) is 15.5. The molecule has 0 aliphatic heterocycles. The molecule has 0 spiro atoms. The van der Waals surface area contributed by atoms with Crippen LogP contribution in [0.25, 0.3) is 0 Å². The van der Waals surface area contributed by atoms with Crippen molar-refractivity contribution in [2.45, 2.75) is 19.3 Å². The van der Waals surface area contributed by atoms with Gasteiger partial charge in [-0.05, 0) is 12.0 Å². The van der Waals surface area contributed by atoms with Crippen molar-refractivity contribution >= 4 is 23.2 Å². The van der Waals surface area contributed by atoms with Crippen molar-refractivity contribution in [1.82, 2.24) is 0 Å². The maximum Gasteiger partial charge on any atom is 0.164 e. The van der Waals surface area contributed by atoms with Crippen LogP contribution in [0, 0.1) is 0 Å². The van der Waals surface area contributed by atoms with Gasteiger partial charge in [0.1, 0.15) is 0 Å². The number of ketones is 2. The van der Waals surface area contributed by atoms with Gasteiger partial charge in [0, 0.05) is 29.8 Å². The summed E-state index contributed by atoms with van der Waals surface area (Å²) in [4.78, 5) is 23.7. The molecule has 3 heteroatoms. The van der Waals surface area contributed by atoms with Crippen LogP contribution in [0.4, 0.5) is 0 Å². The minimum atomic E-state index is 0.0527. The molecule has 2 aromatic rings. The molecule has 0 saturated heterocycles. The molecule has 2 aromatic carbocycles. The molecule has 0 aliphatic carbocycles. The summed E-state index contributed by atoms with van der Waals surface area (Å²) >= 11 is 5.56. The largest absolute Gasteiger partial charge is 0.294 e. The van der Waals surface area contributed by atoms with Crippen molar-refractivity contribution in [3.05, 3.63) is 71.3 Å². The summed E-state index contributed by atoms with van der Waals surface area (Å²) in [6.07, 6.45) is 1.50. The highest BCUT2D eigenvalue weighted by molar-refractivity contribution is 6.19. The Kier molecular flexibility index (Phi) is 5.70. The Morgan fingerprint density at radius 2 is 1.33 bits per heavy atom. The topological polar surface area (TPSA) is 34.1 Å². The Morgan fingerprint density at radius 1 is 0.762 bits per heavy atom. The summed E-state index contributed by atoms with van der Waals surface area (Å²) in [5, 5.41) is 0. The molecular weight excluding hydrogens is 284 g/mol. The van der Waals surface area contributed by atoms with Gasteiger partial charge in [-0.1, -0.05) is 54.6 Å². The SMILES string of the molecule is O=C(CCCl)c1ccc(CCC(=O)c2ccccc2)cc1. The van der Waals surface area contributed by atoms with Gasteiger partial charge in [0.05, 0.1) is 0 Å². The zero-order valence-corrected chi connectivity index (χ0v) is 12.5. The predicted molar refractivity (Wildman–Crippen MR) is 85.2 cm³/mol. The van der Waals surface area contributed by atoms with Crippen LogP contribution in [0.15, 0.2) is 54.6 Å². The second-order valence-corrected chi connectivity index (χ2v) is 5.23. The molecule has 0 radical (unpaired) electrons. The van der Waals surface area contributed by atoms with Crippen molar-refractivity contribution in [1.29, 1.82) is 0 Å². The number of hydrogen-bond donors (Lipinski definition) is 0. The fourth-order valence-electron chi connectivity index (χ4n) is 2.11. The smallest absolute Gasteiger partial charge is 0.164 e. The van der Waals surface area contributed by atoms with Crippen molar-refractivity contribution in [2.75, 3.05) is 5.88 Å². The van der Waals surface area contributed by atoms with E-state index in [1.807, 2.05) is 42.5 Å². The summed E-state index contributed by atoms with van der Waals surface area (Å²) in [5.41, 5.74) is 2.47. The van der Waals surface area contributed by atoms with Crippen LogP contribution in [0.5, 0.6) is 0 Å². The Labute approximate surface area is 129 Å². The Balaban J connectivity index is 1.92. The van der Waals surface area contributed by atoms with E-state index in [9.17, 15) is 9.59 Å². The zero-order valence-electron chi connectivity index (χ0n) is 11.7. The van der Waals surface area contributed by atoms with Crippen LogP contribution in [0.3, 0.4) is 0 Å². The number of Topliss-reactive ketones (excluding diaryl/α,β-unsaturated/α-hetero) is 2. The van der Waals surface area contributed by atoms with Gasteiger partial charge in [-0.25, -0.2) is 0 Å². The monoisotopic (exact) mass is 300 g/mol. The highest BCUT2D eigenvalue weighted by Crippen LogP contribution is 2.11. The first-order valence-electron chi connectivity index (χ1n) is 6.97. The number of benzene rings is 2. The molecule has 0 bridgehead atoms. The lowest BCUT2D eigenvalue weighted by Crippen LogP contribution is -2.02. The molecule has 0 atom stereocenters. The number of halogens is 1. The number of hydrogen-bond acceptors (Lipinski definition) is 2. The standard InChI is InChI=1S/C18H17ClO2/c19-13-12-18(21)16-9-6-14(7-10-16)8-11-17(20)15-4-2-1-3-5-15/h1-7,9-10H,8,11-13H2. The molecule has 2 rings (SSSR count). The van der Waals surface area contributed by atoms with E-state index in [1.54, 1.807) is 12.1 Å². The fraction of sp³-hybridized carbons (Fsp3) is 0.222. The molecule has 0 fully saturated rings. The zero-order chi connectivity index (χ0) is 15.1. The first-order chi connectivity index (χ1) is 10.2. The van der Waals surface area contributed by atoms with E-state index in [0.717, 1.165) is 11.1 Å². The maximum absolute atomic E-state index is 12.0. The minimum absolute atomic E-state index is 0.0527.